The molecule has 0 aromatic heterocycles. The third-order valence-electron chi connectivity index (χ3n) is 2.85. The summed E-state index contributed by atoms with van der Waals surface area (Å²) in [5, 5.41) is 1.99. The summed E-state index contributed by atoms with van der Waals surface area (Å²) >= 11 is 0. The molecule has 2 rings (SSSR count). The molecular weight excluding hydrogens is 212 g/mol. The van der Waals surface area contributed by atoms with Gasteiger partial charge in [0.05, 0.1) is 7.11 Å². The minimum atomic E-state index is -0.0136. The van der Waals surface area contributed by atoms with Crippen LogP contribution in [0.25, 0.3) is 16.3 Å². The molecule has 2 aromatic rings. The Balaban J connectivity index is 2.75. The van der Waals surface area contributed by atoms with E-state index in [9.17, 15) is 4.79 Å². The first-order valence-corrected chi connectivity index (χ1v) is 5.41. The van der Waals surface area contributed by atoms with Gasteiger partial charge in [0.15, 0.2) is 5.78 Å². The summed E-state index contributed by atoms with van der Waals surface area (Å²) in [6.07, 6.45) is 0. The quantitative estimate of drug-likeness (QED) is 0.749. The second-order valence-corrected chi connectivity index (χ2v) is 3.90. The van der Waals surface area contributed by atoms with E-state index in [1.165, 1.54) is 6.92 Å². The summed E-state index contributed by atoms with van der Waals surface area (Å²) < 4.78 is 5.31. The van der Waals surface area contributed by atoms with Crippen molar-refractivity contribution < 1.29 is 9.53 Å². The molecule has 0 saturated carbocycles. The number of carbonyl (C=O) groups is 1. The summed E-state index contributed by atoms with van der Waals surface area (Å²) in [7, 11) is 1.64. The summed E-state index contributed by atoms with van der Waals surface area (Å²) in [6, 6.07) is 11.6. The molecule has 2 nitrogen and oxygen atoms in total. The highest BCUT2D eigenvalue weighted by molar-refractivity contribution is 6.22. The molecule has 0 heterocycles. The van der Waals surface area contributed by atoms with Crippen LogP contribution in [0.4, 0.5) is 0 Å². The molecule has 0 atom stereocenters. The molecule has 0 radical (unpaired) electrons. The summed E-state index contributed by atoms with van der Waals surface area (Å²) in [5.74, 6) is 0.793. The molecule has 17 heavy (non-hydrogen) atoms. The van der Waals surface area contributed by atoms with Crippen molar-refractivity contribution in [1.29, 1.82) is 0 Å². The van der Waals surface area contributed by atoms with Crippen LogP contribution in [0.2, 0.25) is 0 Å². The Morgan fingerprint density at radius 3 is 2.35 bits per heavy atom. The van der Waals surface area contributed by atoms with E-state index in [0.29, 0.717) is 5.57 Å². The van der Waals surface area contributed by atoms with Crippen LogP contribution in [-0.2, 0) is 4.79 Å². The number of rotatable bonds is 3. The maximum Gasteiger partial charge on any atom is 0.159 e. The molecule has 0 aliphatic rings. The molecule has 0 amide bonds. The fourth-order valence-electron chi connectivity index (χ4n) is 1.90. The molecule has 0 saturated heterocycles. The lowest BCUT2D eigenvalue weighted by molar-refractivity contribution is -0.111. The Bertz CT molecular complexity index is 597. The zero-order valence-electron chi connectivity index (χ0n) is 9.99. The number of methoxy groups -OCH3 is 1. The average molecular weight is 226 g/mol. The van der Waals surface area contributed by atoms with E-state index in [1.807, 2.05) is 36.4 Å². The maximum absolute atomic E-state index is 11.4. The Morgan fingerprint density at radius 1 is 1.12 bits per heavy atom. The number of benzene rings is 2. The van der Waals surface area contributed by atoms with Gasteiger partial charge in [-0.05, 0) is 30.0 Å². The molecule has 86 valence electrons. The van der Waals surface area contributed by atoms with Gasteiger partial charge < -0.3 is 4.74 Å². The first kappa shape index (κ1) is 11.4. The predicted molar refractivity (Wildman–Crippen MR) is 70.2 cm³/mol. The fourth-order valence-corrected chi connectivity index (χ4v) is 1.90. The van der Waals surface area contributed by atoms with Crippen LogP contribution in [0.15, 0.2) is 43.0 Å². The Morgan fingerprint density at radius 2 is 1.76 bits per heavy atom. The van der Waals surface area contributed by atoms with E-state index < -0.39 is 0 Å². The molecule has 2 aromatic carbocycles. The number of Topliss-reactive ketones (excluding diaryl/α,β-unsaturated/α-hetero) is 1. The molecule has 0 unspecified atom stereocenters. The van der Waals surface area contributed by atoms with Gasteiger partial charge in [0.25, 0.3) is 0 Å². The topological polar surface area (TPSA) is 26.3 Å². The summed E-state index contributed by atoms with van der Waals surface area (Å²) in [5.41, 5.74) is 1.40. The van der Waals surface area contributed by atoms with Crippen molar-refractivity contribution >= 4 is 22.1 Å². The minimum Gasteiger partial charge on any atom is -0.496 e. The van der Waals surface area contributed by atoms with Gasteiger partial charge in [-0.1, -0.05) is 30.8 Å². The third kappa shape index (κ3) is 1.94. The van der Waals surface area contributed by atoms with E-state index in [-0.39, 0.29) is 5.78 Å². The lowest BCUT2D eigenvalue weighted by Gasteiger charge is -2.10. The van der Waals surface area contributed by atoms with Crippen molar-refractivity contribution in [3.63, 3.8) is 0 Å². The normalized spacial score (nSPS) is 10.2. The third-order valence-corrected chi connectivity index (χ3v) is 2.85. The first-order valence-electron chi connectivity index (χ1n) is 5.41. The van der Waals surface area contributed by atoms with Crippen LogP contribution < -0.4 is 4.74 Å². The van der Waals surface area contributed by atoms with Gasteiger partial charge in [-0.15, -0.1) is 0 Å². The standard InChI is InChI=1S/C15H14O2/c1-10(11(2)16)12-8-9-15(17-3)14-7-5-4-6-13(12)14/h4-9H,1H2,2-3H3. The summed E-state index contributed by atoms with van der Waals surface area (Å²) in [4.78, 5) is 11.4. The second-order valence-electron chi connectivity index (χ2n) is 3.90. The molecule has 0 fully saturated rings. The van der Waals surface area contributed by atoms with Crippen molar-refractivity contribution in [2.75, 3.05) is 7.11 Å². The Labute approximate surface area is 101 Å². The molecule has 2 heteroatoms. The highest BCUT2D eigenvalue weighted by atomic mass is 16.5. The second kappa shape index (κ2) is 4.42. The number of ether oxygens (including phenoxy) is 1. The maximum atomic E-state index is 11.4. The van der Waals surface area contributed by atoms with Crippen molar-refractivity contribution in [3.8, 4) is 5.75 Å². The number of hydrogen-bond acceptors (Lipinski definition) is 2. The van der Waals surface area contributed by atoms with Crippen LogP contribution >= 0.6 is 0 Å². The molecule has 0 aliphatic heterocycles. The predicted octanol–water partition coefficient (Wildman–Crippen LogP) is 3.45. The SMILES string of the molecule is C=C(C(C)=O)c1ccc(OC)c2ccccc12. The highest BCUT2D eigenvalue weighted by Gasteiger charge is 2.10. The highest BCUT2D eigenvalue weighted by Crippen LogP contribution is 2.31. The lowest BCUT2D eigenvalue weighted by Crippen LogP contribution is -1.96. The number of ketones is 1. The van der Waals surface area contributed by atoms with E-state index in [1.54, 1.807) is 7.11 Å². The van der Waals surface area contributed by atoms with Crippen LogP contribution in [-0.4, -0.2) is 12.9 Å². The van der Waals surface area contributed by atoms with Gasteiger partial charge in [0.1, 0.15) is 5.75 Å². The minimum absolute atomic E-state index is 0.0136. The van der Waals surface area contributed by atoms with Crippen LogP contribution in [0, 0.1) is 0 Å². The first-order chi connectivity index (χ1) is 8.15. The van der Waals surface area contributed by atoms with Crippen molar-refractivity contribution in [2.45, 2.75) is 6.92 Å². The number of carbonyl (C=O) groups excluding carboxylic acids is 1. The van der Waals surface area contributed by atoms with Crippen molar-refractivity contribution in [1.82, 2.24) is 0 Å². The van der Waals surface area contributed by atoms with Gasteiger partial charge in [0.2, 0.25) is 0 Å². The molecule has 0 spiro atoms. The van der Waals surface area contributed by atoms with Crippen molar-refractivity contribution in [3.05, 3.63) is 48.5 Å². The zero-order valence-corrected chi connectivity index (χ0v) is 9.99. The van der Waals surface area contributed by atoms with E-state index in [4.69, 9.17) is 4.74 Å². The molecule has 0 aliphatic carbocycles. The van der Waals surface area contributed by atoms with E-state index >= 15 is 0 Å². The zero-order chi connectivity index (χ0) is 12.4. The molecule has 0 bridgehead atoms. The van der Waals surface area contributed by atoms with Gasteiger partial charge in [-0.2, -0.15) is 0 Å². The van der Waals surface area contributed by atoms with Gasteiger partial charge >= 0.3 is 0 Å². The van der Waals surface area contributed by atoms with Crippen LogP contribution in [0.1, 0.15) is 12.5 Å². The molecule has 0 N–H and O–H groups in total. The largest absolute Gasteiger partial charge is 0.496 e. The summed E-state index contributed by atoms with van der Waals surface area (Å²) in [6.45, 7) is 5.37. The lowest BCUT2D eigenvalue weighted by atomic mass is 9.97. The van der Waals surface area contributed by atoms with Gasteiger partial charge in [0, 0.05) is 11.0 Å². The van der Waals surface area contributed by atoms with Gasteiger partial charge in [-0.25, -0.2) is 0 Å². The van der Waals surface area contributed by atoms with Gasteiger partial charge in [-0.3, -0.25) is 4.79 Å². The van der Waals surface area contributed by atoms with Crippen molar-refractivity contribution in [2.24, 2.45) is 0 Å². The van der Waals surface area contributed by atoms with Crippen LogP contribution in [0.5, 0.6) is 5.75 Å². The molecular formula is C15H14O2. The number of hydrogen-bond donors (Lipinski definition) is 0. The Kier molecular flexibility index (Phi) is 2.96. The fraction of sp³-hybridized carbons (Fsp3) is 0.133. The monoisotopic (exact) mass is 226 g/mol. The smallest absolute Gasteiger partial charge is 0.159 e. The van der Waals surface area contributed by atoms with E-state index in [2.05, 4.69) is 6.58 Å². The van der Waals surface area contributed by atoms with Crippen LogP contribution in [0.3, 0.4) is 0 Å². The average Bonchev–Trinajstić information content (AvgIpc) is 2.36. The number of allylic oxidation sites excluding steroid dienone is 1. The Hall–Kier alpha value is -2.09. The van der Waals surface area contributed by atoms with E-state index in [0.717, 1.165) is 22.1 Å². The number of fused-ring (bicyclic) bond motifs is 1.